The van der Waals surface area contributed by atoms with Crippen LogP contribution in [-0.4, -0.2) is 31.2 Å². The highest BCUT2D eigenvalue weighted by Gasteiger charge is 2.17. The van der Waals surface area contributed by atoms with Crippen molar-refractivity contribution in [3.05, 3.63) is 16.8 Å². The summed E-state index contributed by atoms with van der Waals surface area (Å²) in [6.45, 7) is 2.22. The molecule has 0 amide bonds. The molecule has 2 aromatic rings. The molecule has 7 heteroatoms. The molecule has 5 nitrogen and oxygen atoms in total. The second-order valence-corrected chi connectivity index (χ2v) is 4.76. The van der Waals surface area contributed by atoms with E-state index in [1.807, 2.05) is 4.57 Å². The van der Waals surface area contributed by atoms with E-state index in [1.54, 1.807) is 6.33 Å². The monoisotopic (exact) mass is 288 g/mol. The fraction of sp³-hybridized carbons (Fsp3) is 0.545. The van der Waals surface area contributed by atoms with E-state index in [4.69, 9.17) is 28.3 Å². The summed E-state index contributed by atoms with van der Waals surface area (Å²) < 4.78 is 1.91. The van der Waals surface area contributed by atoms with Gasteiger partial charge in [-0.15, -0.1) is 0 Å². The third-order valence-corrected chi connectivity index (χ3v) is 3.26. The normalized spacial score (nSPS) is 13.1. The lowest BCUT2D eigenvalue weighted by molar-refractivity contribution is 0.253. The molecule has 0 unspecified atom stereocenters. The van der Waals surface area contributed by atoms with Crippen LogP contribution in [0.5, 0.6) is 0 Å². The SMILES string of the molecule is CCC[C@@H](CCO)n1cnc2c(Cl)nc(Cl)nc21. The Labute approximate surface area is 115 Å². The predicted octanol–water partition coefficient (Wildman–Crippen LogP) is 2.86. The van der Waals surface area contributed by atoms with Crippen molar-refractivity contribution in [1.29, 1.82) is 0 Å². The van der Waals surface area contributed by atoms with Crippen molar-refractivity contribution in [2.75, 3.05) is 6.61 Å². The van der Waals surface area contributed by atoms with Crippen LogP contribution in [0.1, 0.15) is 32.2 Å². The Morgan fingerprint density at radius 1 is 1.33 bits per heavy atom. The van der Waals surface area contributed by atoms with Crippen LogP contribution in [0.25, 0.3) is 11.2 Å². The lowest BCUT2D eigenvalue weighted by Crippen LogP contribution is -2.10. The topological polar surface area (TPSA) is 63.8 Å². The molecule has 0 aliphatic carbocycles. The number of aliphatic hydroxyl groups is 1. The average molecular weight is 289 g/mol. The van der Waals surface area contributed by atoms with Crippen molar-refractivity contribution in [2.45, 2.75) is 32.2 Å². The maximum Gasteiger partial charge on any atom is 0.225 e. The molecule has 0 bridgehead atoms. The molecule has 0 saturated heterocycles. The van der Waals surface area contributed by atoms with Gasteiger partial charge >= 0.3 is 0 Å². The molecule has 0 spiro atoms. The van der Waals surface area contributed by atoms with Crippen molar-refractivity contribution in [1.82, 2.24) is 19.5 Å². The van der Waals surface area contributed by atoms with Gasteiger partial charge in [-0.3, -0.25) is 0 Å². The number of imidazole rings is 1. The molecule has 0 fully saturated rings. The van der Waals surface area contributed by atoms with Crippen LogP contribution < -0.4 is 0 Å². The molecule has 1 atom stereocenters. The zero-order chi connectivity index (χ0) is 13.1. The fourth-order valence-corrected chi connectivity index (χ4v) is 2.45. The largest absolute Gasteiger partial charge is 0.396 e. The van der Waals surface area contributed by atoms with Gasteiger partial charge in [0.15, 0.2) is 10.8 Å². The van der Waals surface area contributed by atoms with E-state index in [0.29, 0.717) is 17.6 Å². The highest BCUT2D eigenvalue weighted by molar-refractivity contribution is 6.35. The van der Waals surface area contributed by atoms with E-state index < -0.39 is 0 Å². The lowest BCUT2D eigenvalue weighted by atomic mass is 10.1. The first-order chi connectivity index (χ1) is 8.67. The van der Waals surface area contributed by atoms with Gasteiger partial charge in [0.05, 0.1) is 6.33 Å². The highest BCUT2D eigenvalue weighted by Crippen LogP contribution is 2.26. The first kappa shape index (κ1) is 13.5. The number of hydrogen-bond acceptors (Lipinski definition) is 4. The summed E-state index contributed by atoms with van der Waals surface area (Å²) in [5.41, 5.74) is 1.16. The van der Waals surface area contributed by atoms with Crippen LogP contribution in [0, 0.1) is 0 Å². The third-order valence-electron chi connectivity index (χ3n) is 2.83. The number of nitrogens with zero attached hydrogens (tertiary/aromatic N) is 4. The molecule has 0 radical (unpaired) electrons. The Morgan fingerprint density at radius 2 is 2.11 bits per heavy atom. The summed E-state index contributed by atoms with van der Waals surface area (Å²) in [4.78, 5) is 12.2. The van der Waals surface area contributed by atoms with E-state index in [1.165, 1.54) is 0 Å². The second-order valence-electron chi connectivity index (χ2n) is 4.06. The number of hydrogen-bond donors (Lipinski definition) is 1. The van der Waals surface area contributed by atoms with E-state index in [9.17, 15) is 0 Å². The molecular weight excluding hydrogens is 275 g/mol. The van der Waals surface area contributed by atoms with Gasteiger partial charge in [0.25, 0.3) is 0 Å². The molecule has 2 rings (SSSR count). The van der Waals surface area contributed by atoms with Crippen molar-refractivity contribution in [3.8, 4) is 0 Å². The van der Waals surface area contributed by atoms with Gasteiger partial charge in [-0.05, 0) is 24.4 Å². The average Bonchev–Trinajstić information content (AvgIpc) is 2.72. The van der Waals surface area contributed by atoms with Crippen LogP contribution >= 0.6 is 23.2 Å². The minimum absolute atomic E-state index is 0.105. The first-order valence-corrected chi connectivity index (χ1v) is 6.59. The third kappa shape index (κ3) is 2.58. The smallest absolute Gasteiger partial charge is 0.225 e. The summed E-state index contributed by atoms with van der Waals surface area (Å²) in [5.74, 6) is 0. The lowest BCUT2D eigenvalue weighted by Gasteiger charge is -2.17. The molecule has 1 N–H and O–H groups in total. The predicted molar refractivity (Wildman–Crippen MR) is 71.0 cm³/mol. The van der Waals surface area contributed by atoms with Gasteiger partial charge in [-0.2, -0.15) is 4.98 Å². The van der Waals surface area contributed by atoms with Crippen molar-refractivity contribution >= 4 is 34.4 Å². The molecule has 2 aromatic heterocycles. The minimum Gasteiger partial charge on any atom is -0.396 e. The van der Waals surface area contributed by atoms with Crippen LogP contribution in [-0.2, 0) is 0 Å². The molecule has 98 valence electrons. The van der Waals surface area contributed by atoms with Gasteiger partial charge in [-0.1, -0.05) is 24.9 Å². The van der Waals surface area contributed by atoms with Crippen LogP contribution in [0.4, 0.5) is 0 Å². The Balaban J connectivity index is 2.49. The van der Waals surface area contributed by atoms with Crippen molar-refractivity contribution in [2.24, 2.45) is 0 Å². The standard InChI is InChI=1S/C11H14Cl2N4O/c1-2-3-7(4-5-18)17-6-14-8-9(12)15-11(13)16-10(8)17/h6-7,18H,2-5H2,1H3/t7-/m0/s1. The molecular formula is C11H14Cl2N4O. The number of rotatable bonds is 5. The van der Waals surface area contributed by atoms with Crippen LogP contribution in [0.2, 0.25) is 10.4 Å². The molecule has 0 aliphatic rings. The highest BCUT2D eigenvalue weighted by atomic mass is 35.5. The van der Waals surface area contributed by atoms with Crippen LogP contribution in [0.15, 0.2) is 6.33 Å². The van der Waals surface area contributed by atoms with Gasteiger partial charge in [0.2, 0.25) is 5.28 Å². The van der Waals surface area contributed by atoms with Crippen molar-refractivity contribution < 1.29 is 5.11 Å². The Hall–Kier alpha value is -0.910. The number of halogens is 2. The van der Waals surface area contributed by atoms with E-state index in [-0.39, 0.29) is 23.1 Å². The second kappa shape index (κ2) is 5.82. The Morgan fingerprint density at radius 3 is 2.78 bits per heavy atom. The molecule has 0 aromatic carbocycles. The summed E-state index contributed by atoms with van der Waals surface area (Å²) >= 11 is 11.8. The zero-order valence-electron chi connectivity index (χ0n) is 9.98. The number of aliphatic hydroxyl groups excluding tert-OH is 1. The summed E-state index contributed by atoms with van der Waals surface area (Å²) in [6.07, 6.45) is 4.28. The maximum atomic E-state index is 9.12. The summed E-state index contributed by atoms with van der Waals surface area (Å²) in [6, 6.07) is 0.145. The van der Waals surface area contributed by atoms with Crippen molar-refractivity contribution in [3.63, 3.8) is 0 Å². The molecule has 0 saturated carbocycles. The number of fused-ring (bicyclic) bond motifs is 1. The van der Waals surface area contributed by atoms with E-state index in [2.05, 4.69) is 21.9 Å². The molecule has 2 heterocycles. The van der Waals surface area contributed by atoms with E-state index >= 15 is 0 Å². The Kier molecular flexibility index (Phi) is 4.37. The summed E-state index contributed by atoms with van der Waals surface area (Å²) in [7, 11) is 0. The summed E-state index contributed by atoms with van der Waals surface area (Å²) in [5, 5.41) is 9.48. The zero-order valence-corrected chi connectivity index (χ0v) is 11.5. The first-order valence-electron chi connectivity index (χ1n) is 5.83. The van der Waals surface area contributed by atoms with E-state index in [0.717, 1.165) is 12.8 Å². The fourth-order valence-electron chi connectivity index (χ4n) is 2.03. The molecule has 18 heavy (non-hydrogen) atoms. The minimum atomic E-state index is 0.105. The molecule has 0 aliphatic heterocycles. The van der Waals surface area contributed by atoms with Gasteiger partial charge in [-0.25, -0.2) is 9.97 Å². The number of aromatic nitrogens is 4. The maximum absolute atomic E-state index is 9.12. The van der Waals surface area contributed by atoms with Gasteiger partial charge in [0, 0.05) is 12.6 Å². The van der Waals surface area contributed by atoms with Gasteiger partial charge < -0.3 is 9.67 Å². The Bertz CT molecular complexity index is 537. The quantitative estimate of drug-likeness (QED) is 0.679. The van der Waals surface area contributed by atoms with Crippen LogP contribution in [0.3, 0.4) is 0 Å². The van der Waals surface area contributed by atoms with Gasteiger partial charge in [0.1, 0.15) is 5.52 Å².